The van der Waals surface area contributed by atoms with Gasteiger partial charge in [0.05, 0.1) is 18.2 Å². The molecule has 0 saturated carbocycles. The third kappa shape index (κ3) is 4.47. The lowest BCUT2D eigenvalue weighted by atomic mass is 9.94. The van der Waals surface area contributed by atoms with E-state index in [9.17, 15) is 0 Å². The third-order valence-corrected chi connectivity index (χ3v) is 6.50. The summed E-state index contributed by atoms with van der Waals surface area (Å²) >= 11 is 12.0. The second-order valence-electron chi connectivity index (χ2n) is 8.30. The lowest BCUT2D eigenvalue weighted by molar-refractivity contribution is 0.396. The molecular formula is C27H23ClN4OS. The summed E-state index contributed by atoms with van der Waals surface area (Å²) in [5, 5.41) is 9.09. The standard InChI is InChI=1S/C27H23ClN4OS/c1-17-11-13-21(14-12-17)25-30-26(33-31-25)23-18(2)32(16-19-7-6-10-22(28)15-19)27(34)29-24(23)20-8-4-3-5-9-20/h3-15,24H,16H2,1-2H3,(H,29,34). The van der Waals surface area contributed by atoms with Crippen molar-refractivity contribution in [3.8, 4) is 11.4 Å². The van der Waals surface area contributed by atoms with Gasteiger partial charge in [-0.25, -0.2) is 0 Å². The Balaban J connectivity index is 1.59. The topological polar surface area (TPSA) is 54.2 Å². The van der Waals surface area contributed by atoms with E-state index in [2.05, 4.69) is 29.5 Å². The highest BCUT2D eigenvalue weighted by Crippen LogP contribution is 2.38. The van der Waals surface area contributed by atoms with Gasteiger partial charge in [-0.2, -0.15) is 4.98 Å². The fourth-order valence-corrected chi connectivity index (χ4v) is 4.65. The predicted octanol–water partition coefficient (Wildman–Crippen LogP) is 6.56. The van der Waals surface area contributed by atoms with Crippen LogP contribution < -0.4 is 5.32 Å². The molecule has 4 aromatic rings. The van der Waals surface area contributed by atoms with Gasteiger partial charge in [0.1, 0.15) is 0 Å². The molecule has 1 unspecified atom stereocenters. The van der Waals surface area contributed by atoms with Crippen LogP contribution in [0.4, 0.5) is 0 Å². The average molecular weight is 487 g/mol. The summed E-state index contributed by atoms with van der Waals surface area (Å²) in [5.41, 5.74) is 6.06. The van der Waals surface area contributed by atoms with E-state index in [1.165, 1.54) is 5.56 Å². The van der Waals surface area contributed by atoms with Gasteiger partial charge in [0.15, 0.2) is 5.11 Å². The van der Waals surface area contributed by atoms with Crippen LogP contribution in [-0.4, -0.2) is 20.2 Å². The van der Waals surface area contributed by atoms with Crippen LogP contribution >= 0.6 is 23.8 Å². The van der Waals surface area contributed by atoms with Gasteiger partial charge in [-0.1, -0.05) is 89.1 Å². The summed E-state index contributed by atoms with van der Waals surface area (Å²) in [6.45, 7) is 4.66. The number of halogens is 1. The van der Waals surface area contributed by atoms with Crippen molar-refractivity contribution in [3.05, 3.63) is 112 Å². The zero-order chi connectivity index (χ0) is 23.7. The van der Waals surface area contributed by atoms with Crippen molar-refractivity contribution < 1.29 is 4.52 Å². The Labute approximate surface area is 209 Å². The number of rotatable bonds is 5. The molecule has 3 aromatic carbocycles. The molecule has 0 spiro atoms. The van der Waals surface area contributed by atoms with Crippen LogP contribution in [0.5, 0.6) is 0 Å². The molecule has 1 N–H and O–H groups in total. The fourth-order valence-electron chi connectivity index (χ4n) is 4.11. The summed E-state index contributed by atoms with van der Waals surface area (Å²) < 4.78 is 5.81. The van der Waals surface area contributed by atoms with Gasteiger partial charge in [-0.15, -0.1) is 0 Å². The monoisotopic (exact) mass is 486 g/mol. The zero-order valence-corrected chi connectivity index (χ0v) is 20.4. The van der Waals surface area contributed by atoms with Gasteiger partial charge in [-0.05, 0) is 49.3 Å². The van der Waals surface area contributed by atoms with Crippen LogP contribution in [0.25, 0.3) is 17.0 Å². The Kier molecular flexibility index (Phi) is 6.18. The van der Waals surface area contributed by atoms with Gasteiger partial charge in [0, 0.05) is 16.3 Å². The van der Waals surface area contributed by atoms with E-state index in [1.54, 1.807) is 0 Å². The molecule has 34 heavy (non-hydrogen) atoms. The molecule has 1 aliphatic heterocycles. The largest absolute Gasteiger partial charge is 0.351 e. The number of thiocarbonyl (C=S) groups is 1. The van der Waals surface area contributed by atoms with Crippen molar-refractivity contribution in [2.24, 2.45) is 0 Å². The van der Waals surface area contributed by atoms with Crippen LogP contribution in [0.3, 0.4) is 0 Å². The summed E-state index contributed by atoms with van der Waals surface area (Å²) in [6.07, 6.45) is 0. The number of hydrogen-bond donors (Lipinski definition) is 1. The molecule has 7 heteroatoms. The number of nitrogens with one attached hydrogen (secondary N) is 1. The first-order valence-corrected chi connectivity index (χ1v) is 11.8. The van der Waals surface area contributed by atoms with Gasteiger partial charge in [-0.3, -0.25) is 0 Å². The number of hydrogen-bond acceptors (Lipinski definition) is 4. The Morgan fingerprint density at radius 1 is 1.00 bits per heavy atom. The second-order valence-corrected chi connectivity index (χ2v) is 9.12. The highest BCUT2D eigenvalue weighted by Gasteiger charge is 2.34. The van der Waals surface area contributed by atoms with Crippen molar-refractivity contribution >= 4 is 34.5 Å². The molecule has 5 nitrogen and oxygen atoms in total. The van der Waals surface area contributed by atoms with E-state index in [1.807, 2.05) is 78.6 Å². The van der Waals surface area contributed by atoms with Crippen LogP contribution in [-0.2, 0) is 6.54 Å². The Morgan fingerprint density at radius 3 is 2.50 bits per heavy atom. The Hall–Kier alpha value is -3.48. The Morgan fingerprint density at radius 2 is 1.76 bits per heavy atom. The van der Waals surface area contributed by atoms with Gasteiger partial charge >= 0.3 is 0 Å². The molecule has 0 fully saturated rings. The lowest BCUT2D eigenvalue weighted by Gasteiger charge is -2.37. The van der Waals surface area contributed by atoms with Crippen molar-refractivity contribution in [1.82, 2.24) is 20.4 Å². The molecule has 0 saturated heterocycles. The molecule has 2 heterocycles. The summed E-state index contributed by atoms with van der Waals surface area (Å²) in [6, 6.07) is 25.8. The third-order valence-electron chi connectivity index (χ3n) is 5.93. The van der Waals surface area contributed by atoms with Crippen LogP contribution in [0.2, 0.25) is 5.02 Å². The lowest BCUT2D eigenvalue weighted by Crippen LogP contribution is -2.45. The van der Waals surface area contributed by atoms with Gasteiger partial charge in [0.25, 0.3) is 5.89 Å². The van der Waals surface area contributed by atoms with E-state index in [0.717, 1.165) is 28.0 Å². The number of aromatic nitrogens is 2. The van der Waals surface area contributed by atoms with E-state index in [-0.39, 0.29) is 6.04 Å². The minimum Gasteiger partial charge on any atom is -0.351 e. The smallest absolute Gasteiger partial charge is 0.258 e. The van der Waals surface area contributed by atoms with Crippen molar-refractivity contribution in [1.29, 1.82) is 0 Å². The van der Waals surface area contributed by atoms with Gasteiger partial charge in [0.2, 0.25) is 5.82 Å². The van der Waals surface area contributed by atoms with Crippen LogP contribution in [0, 0.1) is 6.92 Å². The highest BCUT2D eigenvalue weighted by molar-refractivity contribution is 7.80. The molecule has 170 valence electrons. The molecule has 5 rings (SSSR count). The highest BCUT2D eigenvalue weighted by atomic mass is 35.5. The van der Waals surface area contributed by atoms with E-state index < -0.39 is 0 Å². The molecule has 0 bridgehead atoms. The number of aryl methyl sites for hydroxylation is 1. The summed E-state index contributed by atoms with van der Waals surface area (Å²) in [4.78, 5) is 6.82. The van der Waals surface area contributed by atoms with Crippen molar-refractivity contribution in [2.75, 3.05) is 0 Å². The summed E-state index contributed by atoms with van der Waals surface area (Å²) in [7, 11) is 0. The molecule has 0 amide bonds. The average Bonchev–Trinajstić information content (AvgIpc) is 3.32. The maximum Gasteiger partial charge on any atom is 0.258 e. The van der Waals surface area contributed by atoms with Crippen LogP contribution in [0.1, 0.15) is 35.5 Å². The normalized spacial score (nSPS) is 16.0. The zero-order valence-electron chi connectivity index (χ0n) is 18.8. The number of nitrogens with zero attached hydrogens (tertiary/aromatic N) is 3. The second kappa shape index (κ2) is 9.41. The maximum atomic E-state index is 6.22. The SMILES string of the molecule is CC1=C(c2nc(-c3ccc(C)cc3)no2)C(c2ccccc2)NC(=S)N1Cc1cccc(Cl)c1. The van der Waals surface area contributed by atoms with Crippen molar-refractivity contribution in [3.63, 3.8) is 0 Å². The molecule has 1 atom stereocenters. The minimum absolute atomic E-state index is 0.212. The van der Waals surface area contributed by atoms with E-state index >= 15 is 0 Å². The predicted molar refractivity (Wildman–Crippen MR) is 139 cm³/mol. The summed E-state index contributed by atoms with van der Waals surface area (Å²) in [5.74, 6) is 1.02. The van der Waals surface area contributed by atoms with Gasteiger partial charge < -0.3 is 14.7 Å². The van der Waals surface area contributed by atoms with Crippen molar-refractivity contribution in [2.45, 2.75) is 26.4 Å². The first-order valence-electron chi connectivity index (χ1n) is 11.0. The molecule has 0 aliphatic carbocycles. The molecule has 1 aromatic heterocycles. The quantitative estimate of drug-likeness (QED) is 0.322. The Bertz CT molecular complexity index is 1360. The molecular weight excluding hydrogens is 464 g/mol. The first kappa shape index (κ1) is 22.3. The van der Waals surface area contributed by atoms with E-state index in [0.29, 0.717) is 28.4 Å². The molecule has 1 aliphatic rings. The van der Waals surface area contributed by atoms with E-state index in [4.69, 9.17) is 33.3 Å². The first-order chi connectivity index (χ1) is 16.5. The van der Waals surface area contributed by atoms with Crippen LogP contribution in [0.15, 0.2) is 89.1 Å². The number of allylic oxidation sites excluding steroid dienone is 1. The minimum atomic E-state index is -0.212. The maximum absolute atomic E-state index is 6.22. The number of benzene rings is 3. The molecule has 0 radical (unpaired) electrons. The fraction of sp³-hybridized carbons (Fsp3) is 0.148.